The second-order valence-electron chi connectivity index (χ2n) is 4.14. The van der Waals surface area contributed by atoms with E-state index in [9.17, 15) is 4.79 Å². The first-order chi connectivity index (χ1) is 8.79. The van der Waals surface area contributed by atoms with Gasteiger partial charge >= 0.3 is 6.09 Å². The molecule has 18 heavy (non-hydrogen) atoms. The fraction of sp³-hybridized carbons (Fsp3) is 0.462. The molecule has 5 heteroatoms. The third kappa shape index (κ3) is 3.37. The van der Waals surface area contributed by atoms with Crippen LogP contribution < -0.4 is 10.1 Å². The van der Waals surface area contributed by atoms with Gasteiger partial charge in [-0.1, -0.05) is 12.1 Å². The van der Waals surface area contributed by atoms with Gasteiger partial charge in [0.25, 0.3) is 0 Å². The molecule has 1 aromatic carbocycles. The fourth-order valence-corrected chi connectivity index (χ4v) is 1.85. The molecule has 1 aliphatic rings. The van der Waals surface area contributed by atoms with Crippen molar-refractivity contribution in [2.45, 2.75) is 6.61 Å². The normalized spacial score (nSPS) is 15.3. The van der Waals surface area contributed by atoms with E-state index in [0.29, 0.717) is 13.1 Å². The largest absolute Gasteiger partial charge is 0.497 e. The first kappa shape index (κ1) is 12.7. The summed E-state index contributed by atoms with van der Waals surface area (Å²) in [7, 11) is 1.62. The number of hydrogen-bond donors (Lipinski definition) is 1. The van der Waals surface area contributed by atoms with E-state index >= 15 is 0 Å². The molecule has 0 bridgehead atoms. The van der Waals surface area contributed by atoms with Crippen LogP contribution >= 0.6 is 0 Å². The van der Waals surface area contributed by atoms with Gasteiger partial charge in [-0.15, -0.1) is 0 Å². The van der Waals surface area contributed by atoms with Crippen molar-refractivity contribution in [3.63, 3.8) is 0 Å². The maximum Gasteiger partial charge on any atom is 0.410 e. The van der Waals surface area contributed by atoms with E-state index in [-0.39, 0.29) is 12.7 Å². The fourth-order valence-electron chi connectivity index (χ4n) is 1.85. The van der Waals surface area contributed by atoms with E-state index in [0.717, 1.165) is 24.4 Å². The average Bonchev–Trinajstić information content (AvgIpc) is 2.46. The number of hydrogen-bond acceptors (Lipinski definition) is 4. The molecule has 0 unspecified atom stereocenters. The zero-order chi connectivity index (χ0) is 12.8. The van der Waals surface area contributed by atoms with Gasteiger partial charge in [0.2, 0.25) is 0 Å². The summed E-state index contributed by atoms with van der Waals surface area (Å²) in [5, 5.41) is 3.19. The summed E-state index contributed by atoms with van der Waals surface area (Å²) < 4.78 is 10.4. The Morgan fingerprint density at radius 3 is 2.89 bits per heavy atom. The van der Waals surface area contributed by atoms with Crippen molar-refractivity contribution in [3.05, 3.63) is 29.8 Å². The Labute approximate surface area is 107 Å². The number of benzene rings is 1. The Balaban J connectivity index is 1.84. The van der Waals surface area contributed by atoms with Gasteiger partial charge in [-0.2, -0.15) is 0 Å². The highest BCUT2D eigenvalue weighted by Crippen LogP contribution is 2.13. The molecule has 1 aromatic rings. The summed E-state index contributed by atoms with van der Waals surface area (Å²) >= 11 is 0. The molecule has 1 amide bonds. The van der Waals surface area contributed by atoms with Gasteiger partial charge < -0.3 is 19.7 Å². The van der Waals surface area contributed by atoms with Gasteiger partial charge in [0.1, 0.15) is 12.4 Å². The van der Waals surface area contributed by atoms with Crippen molar-refractivity contribution < 1.29 is 14.3 Å². The third-order valence-electron chi connectivity index (χ3n) is 2.87. The van der Waals surface area contributed by atoms with Crippen LogP contribution in [-0.4, -0.2) is 44.3 Å². The van der Waals surface area contributed by atoms with E-state index in [2.05, 4.69) is 5.32 Å². The van der Waals surface area contributed by atoms with Gasteiger partial charge in [0.05, 0.1) is 7.11 Å². The highest BCUT2D eigenvalue weighted by atomic mass is 16.6. The molecular weight excluding hydrogens is 232 g/mol. The lowest BCUT2D eigenvalue weighted by atomic mass is 10.2. The van der Waals surface area contributed by atoms with E-state index in [1.807, 2.05) is 24.3 Å². The standard InChI is InChI=1S/C13H18N2O3/c1-17-12-4-2-3-11(9-12)10-18-13(16)15-7-5-14-6-8-15/h2-4,9,14H,5-8,10H2,1H3. The summed E-state index contributed by atoms with van der Waals surface area (Å²) in [6.45, 7) is 3.34. The van der Waals surface area contributed by atoms with Crippen LogP contribution in [0, 0.1) is 0 Å². The Hall–Kier alpha value is -1.75. The van der Waals surface area contributed by atoms with Crippen LogP contribution in [0.15, 0.2) is 24.3 Å². The summed E-state index contributed by atoms with van der Waals surface area (Å²) in [5.74, 6) is 0.769. The van der Waals surface area contributed by atoms with Crippen molar-refractivity contribution in [2.75, 3.05) is 33.3 Å². The smallest absolute Gasteiger partial charge is 0.410 e. The Kier molecular flexibility index (Phi) is 4.41. The van der Waals surface area contributed by atoms with E-state index in [1.54, 1.807) is 12.0 Å². The molecule has 1 saturated heterocycles. The quantitative estimate of drug-likeness (QED) is 0.877. The van der Waals surface area contributed by atoms with Crippen LogP contribution in [0.1, 0.15) is 5.56 Å². The molecule has 0 saturated carbocycles. The highest BCUT2D eigenvalue weighted by molar-refractivity contribution is 5.67. The minimum atomic E-state index is -0.251. The molecule has 0 radical (unpaired) electrons. The van der Waals surface area contributed by atoms with Crippen LogP contribution in [0.4, 0.5) is 4.79 Å². The van der Waals surface area contributed by atoms with Crippen molar-refractivity contribution in [2.24, 2.45) is 0 Å². The Morgan fingerprint density at radius 1 is 1.39 bits per heavy atom. The average molecular weight is 250 g/mol. The first-order valence-electron chi connectivity index (χ1n) is 6.05. The summed E-state index contributed by atoms with van der Waals surface area (Å²) in [5.41, 5.74) is 0.929. The lowest BCUT2D eigenvalue weighted by Gasteiger charge is -2.26. The molecule has 0 aliphatic carbocycles. The van der Waals surface area contributed by atoms with Gasteiger partial charge in [0.15, 0.2) is 0 Å². The van der Waals surface area contributed by atoms with Crippen LogP contribution in [0.5, 0.6) is 5.75 Å². The molecule has 1 fully saturated rings. The lowest BCUT2D eigenvalue weighted by Crippen LogP contribution is -2.46. The number of carbonyl (C=O) groups excluding carboxylic acids is 1. The molecule has 2 rings (SSSR count). The SMILES string of the molecule is COc1cccc(COC(=O)N2CCNCC2)c1. The monoisotopic (exact) mass is 250 g/mol. The molecule has 5 nitrogen and oxygen atoms in total. The maximum absolute atomic E-state index is 11.8. The second-order valence-corrected chi connectivity index (χ2v) is 4.14. The third-order valence-corrected chi connectivity index (χ3v) is 2.87. The second kappa shape index (κ2) is 6.26. The van der Waals surface area contributed by atoms with Crippen molar-refractivity contribution >= 4 is 6.09 Å². The topological polar surface area (TPSA) is 50.8 Å². The van der Waals surface area contributed by atoms with Gasteiger partial charge in [0, 0.05) is 26.2 Å². The number of methoxy groups -OCH3 is 1. The van der Waals surface area contributed by atoms with Crippen molar-refractivity contribution in [1.82, 2.24) is 10.2 Å². The van der Waals surface area contributed by atoms with E-state index in [1.165, 1.54) is 0 Å². The molecular formula is C13H18N2O3. The summed E-state index contributed by atoms with van der Waals surface area (Å²) in [6.07, 6.45) is -0.251. The molecule has 1 aliphatic heterocycles. The van der Waals surface area contributed by atoms with Gasteiger partial charge in [-0.05, 0) is 17.7 Å². The first-order valence-corrected chi connectivity index (χ1v) is 6.05. The molecule has 98 valence electrons. The minimum Gasteiger partial charge on any atom is -0.497 e. The minimum absolute atomic E-state index is 0.251. The zero-order valence-corrected chi connectivity index (χ0v) is 10.5. The molecule has 0 aromatic heterocycles. The molecule has 0 spiro atoms. The molecule has 1 heterocycles. The van der Waals surface area contributed by atoms with E-state index < -0.39 is 0 Å². The van der Waals surface area contributed by atoms with Crippen molar-refractivity contribution in [3.8, 4) is 5.75 Å². The predicted octanol–water partition coefficient (Wildman–Crippen LogP) is 1.24. The highest BCUT2D eigenvalue weighted by Gasteiger charge is 2.17. The Morgan fingerprint density at radius 2 is 2.17 bits per heavy atom. The number of nitrogens with zero attached hydrogens (tertiary/aromatic N) is 1. The molecule has 1 N–H and O–H groups in total. The summed E-state index contributed by atoms with van der Waals surface area (Å²) in [6, 6.07) is 7.52. The number of ether oxygens (including phenoxy) is 2. The summed E-state index contributed by atoms with van der Waals surface area (Å²) in [4.78, 5) is 13.5. The van der Waals surface area contributed by atoms with Crippen molar-refractivity contribution in [1.29, 1.82) is 0 Å². The zero-order valence-electron chi connectivity index (χ0n) is 10.5. The molecule has 0 atom stereocenters. The number of amides is 1. The van der Waals surface area contributed by atoms with Gasteiger partial charge in [-0.3, -0.25) is 0 Å². The maximum atomic E-state index is 11.8. The Bertz CT molecular complexity index is 403. The number of nitrogens with one attached hydrogen (secondary N) is 1. The number of piperazine rings is 1. The number of rotatable bonds is 3. The number of carbonyl (C=O) groups is 1. The van der Waals surface area contributed by atoms with Crippen LogP contribution in [-0.2, 0) is 11.3 Å². The lowest BCUT2D eigenvalue weighted by molar-refractivity contribution is 0.0918. The predicted molar refractivity (Wildman–Crippen MR) is 67.6 cm³/mol. The van der Waals surface area contributed by atoms with Crippen LogP contribution in [0.3, 0.4) is 0 Å². The van der Waals surface area contributed by atoms with E-state index in [4.69, 9.17) is 9.47 Å². The van der Waals surface area contributed by atoms with Crippen LogP contribution in [0.25, 0.3) is 0 Å². The van der Waals surface area contributed by atoms with Gasteiger partial charge in [-0.25, -0.2) is 4.79 Å². The van der Waals surface area contributed by atoms with Crippen LogP contribution in [0.2, 0.25) is 0 Å².